The van der Waals surface area contributed by atoms with Crippen molar-refractivity contribution in [2.24, 2.45) is 0 Å². The number of benzene rings is 3. The quantitative estimate of drug-likeness (QED) is 0.186. The van der Waals surface area contributed by atoms with Crippen LogP contribution in [0.15, 0.2) is 76.1 Å². The highest BCUT2D eigenvalue weighted by molar-refractivity contribution is 9.10. The Balaban J connectivity index is 1.51. The van der Waals surface area contributed by atoms with Gasteiger partial charge in [-0.3, -0.25) is 24.6 Å². The SMILES string of the molecule is COc1cc(/C=C2\SC(=O)N(Cc3ccccc3)C2=O)c(Br)cc1OCc1ccc([N+](=O)[O-])cc1. The van der Waals surface area contributed by atoms with Crippen LogP contribution in [0, 0.1) is 10.1 Å². The molecule has 0 aromatic heterocycles. The van der Waals surface area contributed by atoms with Gasteiger partial charge in [-0.2, -0.15) is 0 Å². The van der Waals surface area contributed by atoms with Crippen molar-refractivity contribution in [3.8, 4) is 11.5 Å². The van der Waals surface area contributed by atoms with Gasteiger partial charge in [0, 0.05) is 16.6 Å². The van der Waals surface area contributed by atoms with Crippen LogP contribution in [0.5, 0.6) is 11.5 Å². The lowest BCUT2D eigenvalue weighted by Crippen LogP contribution is -2.27. The van der Waals surface area contributed by atoms with Gasteiger partial charge in [0.05, 0.1) is 23.5 Å². The highest BCUT2D eigenvalue weighted by Crippen LogP contribution is 2.38. The molecule has 0 unspecified atom stereocenters. The molecule has 0 spiro atoms. The standard InChI is InChI=1S/C25H19BrN2O6S/c1-33-21-11-18(12-23-24(29)27(25(30)35-23)14-16-5-3-2-4-6-16)20(26)13-22(21)34-15-17-7-9-19(10-8-17)28(31)32/h2-13H,14-15H2,1H3/b23-12-. The minimum Gasteiger partial charge on any atom is -0.493 e. The van der Waals surface area contributed by atoms with Gasteiger partial charge in [0.15, 0.2) is 11.5 Å². The summed E-state index contributed by atoms with van der Waals surface area (Å²) >= 11 is 4.39. The molecule has 0 bridgehead atoms. The fraction of sp³-hybridized carbons (Fsp3) is 0.120. The lowest BCUT2D eigenvalue weighted by Gasteiger charge is -2.13. The number of hydrogen-bond acceptors (Lipinski definition) is 7. The van der Waals surface area contributed by atoms with Crippen LogP contribution in [0.3, 0.4) is 0 Å². The molecule has 1 aliphatic heterocycles. The molecule has 0 aliphatic carbocycles. The van der Waals surface area contributed by atoms with Crippen molar-refractivity contribution in [3.05, 3.63) is 103 Å². The Morgan fingerprint density at radius 1 is 1.03 bits per heavy atom. The number of nitrogens with zero attached hydrogens (tertiary/aromatic N) is 2. The molecule has 35 heavy (non-hydrogen) atoms. The van der Waals surface area contributed by atoms with E-state index in [9.17, 15) is 19.7 Å². The van der Waals surface area contributed by atoms with E-state index in [1.165, 1.54) is 24.1 Å². The Hall–Kier alpha value is -3.63. The molecule has 0 radical (unpaired) electrons. The number of hydrogen-bond donors (Lipinski definition) is 0. The molecule has 1 heterocycles. The Morgan fingerprint density at radius 3 is 2.40 bits per heavy atom. The largest absolute Gasteiger partial charge is 0.493 e. The summed E-state index contributed by atoms with van der Waals surface area (Å²) in [5.74, 6) is 0.533. The highest BCUT2D eigenvalue weighted by atomic mass is 79.9. The highest BCUT2D eigenvalue weighted by Gasteiger charge is 2.35. The smallest absolute Gasteiger partial charge is 0.293 e. The van der Waals surface area contributed by atoms with Crippen LogP contribution in [-0.2, 0) is 17.9 Å². The van der Waals surface area contributed by atoms with E-state index < -0.39 is 4.92 Å². The normalized spacial score (nSPS) is 14.5. The number of halogens is 1. The molecule has 1 saturated heterocycles. The first-order chi connectivity index (χ1) is 16.9. The number of non-ortho nitro benzene ring substituents is 1. The molecule has 1 aliphatic rings. The van der Waals surface area contributed by atoms with Crippen molar-refractivity contribution in [2.45, 2.75) is 13.2 Å². The third-order valence-corrected chi connectivity index (χ3v) is 6.76. The third-order valence-electron chi connectivity index (χ3n) is 5.17. The van der Waals surface area contributed by atoms with Crippen LogP contribution in [0.1, 0.15) is 16.7 Å². The molecule has 10 heteroatoms. The van der Waals surface area contributed by atoms with E-state index in [2.05, 4.69) is 15.9 Å². The van der Waals surface area contributed by atoms with Gasteiger partial charge in [0.1, 0.15) is 6.61 Å². The van der Waals surface area contributed by atoms with Crippen LogP contribution in [0.2, 0.25) is 0 Å². The summed E-state index contributed by atoms with van der Waals surface area (Å²) in [6.45, 7) is 0.390. The van der Waals surface area contributed by atoms with E-state index >= 15 is 0 Å². The zero-order chi connectivity index (χ0) is 24.9. The van der Waals surface area contributed by atoms with E-state index in [-0.39, 0.29) is 30.0 Å². The van der Waals surface area contributed by atoms with E-state index in [1.807, 2.05) is 30.3 Å². The minimum absolute atomic E-state index is 0.00612. The second-order valence-corrected chi connectivity index (χ2v) is 9.34. The fourth-order valence-electron chi connectivity index (χ4n) is 3.35. The van der Waals surface area contributed by atoms with Crippen LogP contribution in [0.25, 0.3) is 6.08 Å². The van der Waals surface area contributed by atoms with Crippen molar-refractivity contribution >= 4 is 50.6 Å². The Kier molecular flexibility index (Phi) is 7.52. The number of amides is 2. The predicted octanol–water partition coefficient (Wildman–Crippen LogP) is 6.18. The number of nitro benzene ring substituents is 1. The number of rotatable bonds is 8. The number of ether oxygens (including phenoxy) is 2. The molecular weight excluding hydrogens is 536 g/mol. The first-order valence-corrected chi connectivity index (χ1v) is 12.0. The average molecular weight is 555 g/mol. The number of methoxy groups -OCH3 is 1. The maximum atomic E-state index is 12.9. The van der Waals surface area contributed by atoms with Gasteiger partial charge in [-0.1, -0.05) is 46.3 Å². The molecule has 3 aromatic rings. The van der Waals surface area contributed by atoms with Crippen LogP contribution < -0.4 is 9.47 Å². The Morgan fingerprint density at radius 2 is 1.74 bits per heavy atom. The predicted molar refractivity (Wildman–Crippen MR) is 136 cm³/mol. The summed E-state index contributed by atoms with van der Waals surface area (Å²) < 4.78 is 12.0. The summed E-state index contributed by atoms with van der Waals surface area (Å²) in [7, 11) is 1.50. The molecule has 2 amide bonds. The number of carbonyl (C=O) groups excluding carboxylic acids is 2. The van der Waals surface area contributed by atoms with Gasteiger partial charge in [0.25, 0.3) is 16.8 Å². The first kappa shape index (κ1) is 24.5. The summed E-state index contributed by atoms with van der Waals surface area (Å²) in [5, 5.41) is 10.5. The van der Waals surface area contributed by atoms with E-state index in [4.69, 9.17) is 9.47 Å². The maximum absolute atomic E-state index is 12.9. The van der Waals surface area contributed by atoms with Crippen LogP contribution >= 0.6 is 27.7 Å². The summed E-state index contributed by atoms with van der Waals surface area (Å²) in [6, 6.07) is 18.8. The molecule has 1 fully saturated rings. The second-order valence-electron chi connectivity index (χ2n) is 7.49. The zero-order valence-corrected chi connectivity index (χ0v) is 20.9. The van der Waals surface area contributed by atoms with Crippen molar-refractivity contribution in [2.75, 3.05) is 7.11 Å². The second kappa shape index (κ2) is 10.7. The molecule has 8 nitrogen and oxygen atoms in total. The van der Waals surface area contributed by atoms with E-state index in [0.29, 0.717) is 26.4 Å². The van der Waals surface area contributed by atoms with E-state index in [0.717, 1.165) is 22.9 Å². The molecule has 178 valence electrons. The van der Waals surface area contributed by atoms with Crippen molar-refractivity contribution in [1.82, 2.24) is 4.90 Å². The number of carbonyl (C=O) groups is 2. The Bertz CT molecular complexity index is 1310. The summed E-state index contributed by atoms with van der Waals surface area (Å²) in [4.78, 5) is 37.2. The third kappa shape index (κ3) is 5.72. The van der Waals surface area contributed by atoms with Crippen molar-refractivity contribution in [1.29, 1.82) is 0 Å². The number of imide groups is 1. The van der Waals surface area contributed by atoms with Gasteiger partial charge in [-0.05, 0) is 58.8 Å². The number of thioether (sulfide) groups is 1. The van der Waals surface area contributed by atoms with Crippen molar-refractivity contribution < 1.29 is 24.0 Å². The first-order valence-electron chi connectivity index (χ1n) is 10.4. The average Bonchev–Trinajstić information content (AvgIpc) is 3.12. The Labute approximate surface area is 213 Å². The van der Waals surface area contributed by atoms with E-state index in [1.54, 1.807) is 30.3 Å². The van der Waals surface area contributed by atoms with Gasteiger partial charge < -0.3 is 9.47 Å². The van der Waals surface area contributed by atoms with Gasteiger partial charge >= 0.3 is 0 Å². The lowest BCUT2D eigenvalue weighted by molar-refractivity contribution is -0.384. The molecular formula is C25H19BrN2O6S. The van der Waals surface area contributed by atoms with Crippen LogP contribution in [-0.4, -0.2) is 28.1 Å². The molecule has 4 rings (SSSR count). The maximum Gasteiger partial charge on any atom is 0.293 e. The van der Waals surface area contributed by atoms with Gasteiger partial charge in [-0.25, -0.2) is 0 Å². The summed E-state index contributed by atoms with van der Waals surface area (Å²) in [6.07, 6.45) is 1.64. The molecule has 0 saturated carbocycles. The fourth-order valence-corrected chi connectivity index (χ4v) is 4.62. The lowest BCUT2D eigenvalue weighted by atomic mass is 10.1. The molecule has 0 N–H and O–H groups in total. The van der Waals surface area contributed by atoms with Crippen molar-refractivity contribution in [3.63, 3.8) is 0 Å². The number of nitro groups is 1. The zero-order valence-electron chi connectivity index (χ0n) is 18.5. The summed E-state index contributed by atoms with van der Waals surface area (Å²) in [5.41, 5.74) is 2.28. The minimum atomic E-state index is -0.458. The molecule has 0 atom stereocenters. The van der Waals surface area contributed by atoms with Gasteiger partial charge in [0.2, 0.25) is 0 Å². The van der Waals surface area contributed by atoms with Gasteiger partial charge in [-0.15, -0.1) is 0 Å². The topological polar surface area (TPSA) is 99.0 Å². The van der Waals surface area contributed by atoms with Crippen LogP contribution in [0.4, 0.5) is 10.5 Å². The monoisotopic (exact) mass is 554 g/mol. The molecule has 3 aromatic carbocycles.